The Morgan fingerprint density at radius 1 is 1.04 bits per heavy atom. The monoisotopic (exact) mass is 354 g/mol. The lowest BCUT2D eigenvalue weighted by Gasteiger charge is -2.23. The van der Waals surface area contributed by atoms with E-state index < -0.39 is 0 Å². The van der Waals surface area contributed by atoms with E-state index in [2.05, 4.69) is 5.32 Å². The van der Waals surface area contributed by atoms with E-state index in [-0.39, 0.29) is 18.4 Å². The first-order valence-corrected chi connectivity index (χ1v) is 8.83. The van der Waals surface area contributed by atoms with Crippen molar-refractivity contribution in [1.82, 2.24) is 5.32 Å². The SMILES string of the molecule is CCCNC(=O)Cc1cccc(N(Cc2ccccc2)C(=O)COC)c1. The molecule has 1 N–H and O–H groups in total. The fraction of sp³-hybridized carbons (Fsp3) is 0.333. The van der Waals surface area contributed by atoms with E-state index in [1.54, 1.807) is 4.90 Å². The molecule has 0 aliphatic rings. The molecule has 0 fully saturated rings. The number of hydrogen-bond acceptors (Lipinski definition) is 3. The summed E-state index contributed by atoms with van der Waals surface area (Å²) < 4.78 is 5.03. The molecule has 5 nitrogen and oxygen atoms in total. The lowest BCUT2D eigenvalue weighted by Crippen LogP contribution is -2.33. The quantitative estimate of drug-likeness (QED) is 0.753. The molecule has 0 spiro atoms. The molecule has 0 heterocycles. The summed E-state index contributed by atoms with van der Waals surface area (Å²) in [5.41, 5.74) is 2.67. The molecule has 0 saturated carbocycles. The summed E-state index contributed by atoms with van der Waals surface area (Å²) in [4.78, 5) is 26.2. The number of methoxy groups -OCH3 is 1. The van der Waals surface area contributed by atoms with Crippen molar-refractivity contribution in [2.75, 3.05) is 25.2 Å². The molecule has 0 bridgehead atoms. The highest BCUT2D eigenvalue weighted by atomic mass is 16.5. The van der Waals surface area contributed by atoms with E-state index >= 15 is 0 Å². The van der Waals surface area contributed by atoms with Crippen molar-refractivity contribution in [2.45, 2.75) is 26.3 Å². The molecule has 138 valence electrons. The molecule has 0 radical (unpaired) electrons. The van der Waals surface area contributed by atoms with Gasteiger partial charge in [0.25, 0.3) is 5.91 Å². The minimum absolute atomic E-state index is 0.00798. The Labute approximate surface area is 155 Å². The smallest absolute Gasteiger partial charge is 0.253 e. The van der Waals surface area contributed by atoms with Crippen LogP contribution in [0.2, 0.25) is 0 Å². The topological polar surface area (TPSA) is 58.6 Å². The van der Waals surface area contributed by atoms with Gasteiger partial charge in [-0.25, -0.2) is 0 Å². The van der Waals surface area contributed by atoms with Crippen LogP contribution >= 0.6 is 0 Å². The molecule has 0 atom stereocenters. The Kier molecular flexibility index (Phi) is 7.83. The van der Waals surface area contributed by atoms with Crippen molar-refractivity contribution >= 4 is 17.5 Å². The van der Waals surface area contributed by atoms with Gasteiger partial charge in [0, 0.05) is 19.3 Å². The summed E-state index contributed by atoms with van der Waals surface area (Å²) in [7, 11) is 1.51. The second-order valence-electron chi connectivity index (χ2n) is 6.10. The highest BCUT2D eigenvalue weighted by molar-refractivity contribution is 5.94. The maximum atomic E-state index is 12.5. The zero-order valence-corrected chi connectivity index (χ0v) is 15.4. The van der Waals surface area contributed by atoms with E-state index in [1.807, 2.05) is 61.5 Å². The van der Waals surface area contributed by atoms with Crippen molar-refractivity contribution in [2.24, 2.45) is 0 Å². The van der Waals surface area contributed by atoms with Crippen molar-refractivity contribution in [3.8, 4) is 0 Å². The Morgan fingerprint density at radius 2 is 1.77 bits per heavy atom. The third kappa shape index (κ3) is 6.01. The number of nitrogens with zero attached hydrogens (tertiary/aromatic N) is 1. The van der Waals surface area contributed by atoms with Crippen LogP contribution in [0.1, 0.15) is 24.5 Å². The molecule has 2 aromatic carbocycles. The number of ether oxygens (including phenoxy) is 1. The van der Waals surface area contributed by atoms with Gasteiger partial charge in [0.15, 0.2) is 0 Å². The van der Waals surface area contributed by atoms with Crippen molar-refractivity contribution in [1.29, 1.82) is 0 Å². The predicted molar refractivity (Wildman–Crippen MR) is 103 cm³/mol. The minimum Gasteiger partial charge on any atom is -0.375 e. The van der Waals surface area contributed by atoms with Crippen LogP contribution in [0.4, 0.5) is 5.69 Å². The Balaban J connectivity index is 2.19. The molecule has 2 rings (SSSR count). The second-order valence-corrected chi connectivity index (χ2v) is 6.10. The van der Waals surface area contributed by atoms with E-state index in [4.69, 9.17) is 4.74 Å². The van der Waals surface area contributed by atoms with Gasteiger partial charge in [-0.1, -0.05) is 49.4 Å². The van der Waals surface area contributed by atoms with Crippen LogP contribution < -0.4 is 10.2 Å². The van der Waals surface area contributed by atoms with Gasteiger partial charge in [-0.15, -0.1) is 0 Å². The Morgan fingerprint density at radius 3 is 2.46 bits per heavy atom. The Hall–Kier alpha value is -2.66. The first kappa shape index (κ1) is 19.7. The molecule has 0 aliphatic carbocycles. The lowest BCUT2D eigenvalue weighted by molar-refractivity contribution is -0.122. The third-order valence-electron chi connectivity index (χ3n) is 3.91. The predicted octanol–water partition coefficient (Wildman–Crippen LogP) is 2.93. The average Bonchev–Trinajstić information content (AvgIpc) is 2.65. The number of amides is 2. The standard InChI is InChI=1S/C21H26N2O3/c1-3-12-22-20(24)14-18-10-7-11-19(13-18)23(21(25)16-26-2)15-17-8-5-4-6-9-17/h4-11,13H,3,12,14-16H2,1-2H3,(H,22,24). The molecule has 0 aliphatic heterocycles. The second kappa shape index (κ2) is 10.4. The minimum atomic E-state index is -0.121. The van der Waals surface area contributed by atoms with Gasteiger partial charge >= 0.3 is 0 Å². The van der Waals surface area contributed by atoms with E-state index in [1.165, 1.54) is 7.11 Å². The van der Waals surface area contributed by atoms with Gasteiger partial charge in [-0.3, -0.25) is 9.59 Å². The van der Waals surface area contributed by atoms with Crippen LogP contribution in [0, 0.1) is 0 Å². The van der Waals surface area contributed by atoms with Crippen molar-refractivity contribution in [3.63, 3.8) is 0 Å². The lowest BCUT2D eigenvalue weighted by atomic mass is 10.1. The van der Waals surface area contributed by atoms with Crippen molar-refractivity contribution in [3.05, 3.63) is 65.7 Å². The summed E-state index contributed by atoms with van der Waals surface area (Å²) in [6.45, 7) is 3.15. The summed E-state index contributed by atoms with van der Waals surface area (Å²) in [5.74, 6) is -0.134. The number of hydrogen-bond donors (Lipinski definition) is 1. The fourth-order valence-corrected chi connectivity index (χ4v) is 2.64. The third-order valence-corrected chi connectivity index (χ3v) is 3.91. The molecule has 5 heteroatoms. The maximum Gasteiger partial charge on any atom is 0.253 e. The highest BCUT2D eigenvalue weighted by Crippen LogP contribution is 2.20. The van der Waals surface area contributed by atoms with Gasteiger partial charge in [0.05, 0.1) is 13.0 Å². The van der Waals surface area contributed by atoms with Gasteiger partial charge < -0.3 is 15.0 Å². The van der Waals surface area contributed by atoms with E-state index in [0.29, 0.717) is 19.5 Å². The van der Waals surface area contributed by atoms with Gasteiger partial charge in [-0.05, 0) is 29.7 Å². The normalized spacial score (nSPS) is 10.4. The van der Waals surface area contributed by atoms with Crippen LogP contribution in [-0.2, 0) is 27.3 Å². The molecule has 2 amide bonds. The number of benzene rings is 2. The largest absolute Gasteiger partial charge is 0.375 e. The van der Waals surface area contributed by atoms with Crippen LogP contribution in [0.25, 0.3) is 0 Å². The fourth-order valence-electron chi connectivity index (χ4n) is 2.64. The van der Waals surface area contributed by atoms with Gasteiger partial charge in [0.2, 0.25) is 5.91 Å². The van der Waals surface area contributed by atoms with Crippen molar-refractivity contribution < 1.29 is 14.3 Å². The zero-order chi connectivity index (χ0) is 18.8. The average molecular weight is 354 g/mol. The number of anilines is 1. The number of nitrogens with one attached hydrogen (secondary N) is 1. The number of carbonyl (C=O) groups excluding carboxylic acids is 2. The molecular formula is C21H26N2O3. The molecular weight excluding hydrogens is 328 g/mol. The summed E-state index contributed by atoms with van der Waals surface area (Å²) in [5, 5.41) is 2.87. The van der Waals surface area contributed by atoms with Crippen LogP contribution in [0.3, 0.4) is 0 Å². The number of carbonyl (C=O) groups is 2. The summed E-state index contributed by atoms with van der Waals surface area (Å²) in [6, 6.07) is 17.3. The first-order chi connectivity index (χ1) is 12.6. The molecule has 0 aromatic heterocycles. The first-order valence-electron chi connectivity index (χ1n) is 8.83. The molecule has 2 aromatic rings. The maximum absolute atomic E-state index is 12.5. The summed E-state index contributed by atoms with van der Waals surface area (Å²) in [6.07, 6.45) is 1.20. The molecule has 0 saturated heterocycles. The van der Waals surface area contributed by atoms with Crippen LogP contribution in [-0.4, -0.2) is 32.1 Å². The Bertz CT molecular complexity index is 716. The van der Waals surface area contributed by atoms with Gasteiger partial charge in [-0.2, -0.15) is 0 Å². The highest BCUT2D eigenvalue weighted by Gasteiger charge is 2.17. The van der Waals surface area contributed by atoms with Gasteiger partial charge in [0.1, 0.15) is 6.61 Å². The van der Waals surface area contributed by atoms with Crippen LogP contribution in [0.5, 0.6) is 0 Å². The van der Waals surface area contributed by atoms with Crippen LogP contribution in [0.15, 0.2) is 54.6 Å². The zero-order valence-electron chi connectivity index (χ0n) is 15.4. The van der Waals surface area contributed by atoms with E-state index in [9.17, 15) is 9.59 Å². The molecule has 0 unspecified atom stereocenters. The number of rotatable bonds is 9. The van der Waals surface area contributed by atoms with E-state index in [0.717, 1.165) is 23.2 Å². The summed E-state index contributed by atoms with van der Waals surface area (Å²) >= 11 is 0. The molecule has 26 heavy (non-hydrogen) atoms.